The van der Waals surface area contributed by atoms with E-state index in [2.05, 4.69) is 12.2 Å². The van der Waals surface area contributed by atoms with Gasteiger partial charge in [0, 0.05) is 6.04 Å². The molecule has 26 heavy (non-hydrogen) atoms. The molecule has 2 aliphatic heterocycles. The van der Waals surface area contributed by atoms with E-state index in [4.69, 9.17) is 9.47 Å². The number of nitrogens with zero attached hydrogens (tertiary/aromatic N) is 1. The minimum atomic E-state index is -0.674. The molecule has 7 nitrogen and oxygen atoms in total. The zero-order valence-electron chi connectivity index (χ0n) is 16.5. The zero-order chi connectivity index (χ0) is 19.5. The van der Waals surface area contributed by atoms with Crippen LogP contribution in [0.2, 0.25) is 0 Å². The lowest BCUT2D eigenvalue weighted by molar-refractivity contribution is -0.153. The topological polar surface area (TPSA) is 84.9 Å². The molecule has 0 spiro atoms. The van der Waals surface area contributed by atoms with Gasteiger partial charge < -0.3 is 19.7 Å². The lowest BCUT2D eigenvalue weighted by Gasteiger charge is -2.37. The number of ether oxygens (including phenoxy) is 2. The fourth-order valence-electron chi connectivity index (χ4n) is 3.98. The number of fused-ring (bicyclic) bond motifs is 1. The van der Waals surface area contributed by atoms with Crippen LogP contribution in [0.25, 0.3) is 0 Å². The van der Waals surface area contributed by atoms with E-state index in [-0.39, 0.29) is 17.9 Å². The van der Waals surface area contributed by atoms with Crippen LogP contribution >= 0.6 is 0 Å². The largest absolute Gasteiger partial charge is 0.467 e. The van der Waals surface area contributed by atoms with Crippen molar-refractivity contribution in [2.24, 2.45) is 5.92 Å². The summed E-state index contributed by atoms with van der Waals surface area (Å²) in [6.45, 7) is 7.48. The van der Waals surface area contributed by atoms with Crippen LogP contribution in [0.1, 0.15) is 66.2 Å². The number of carbonyl (C=O) groups excluding carboxylic acids is 3. The third-order valence-electron chi connectivity index (χ3n) is 5.27. The molecule has 2 amide bonds. The number of nitrogens with one attached hydrogen (secondary N) is 1. The molecule has 0 aromatic carbocycles. The van der Waals surface area contributed by atoms with E-state index in [1.165, 1.54) is 7.11 Å². The molecule has 2 saturated heterocycles. The summed E-state index contributed by atoms with van der Waals surface area (Å²) in [6, 6.07) is -1.21. The first-order valence-corrected chi connectivity index (χ1v) is 9.55. The normalized spacial score (nSPS) is 29.4. The van der Waals surface area contributed by atoms with Gasteiger partial charge in [0.25, 0.3) is 0 Å². The van der Waals surface area contributed by atoms with Crippen LogP contribution in [0.15, 0.2) is 0 Å². The summed E-state index contributed by atoms with van der Waals surface area (Å²) < 4.78 is 10.2. The fraction of sp³-hybridized carbons (Fsp3) is 0.842. The molecule has 2 fully saturated rings. The van der Waals surface area contributed by atoms with Crippen LogP contribution < -0.4 is 5.32 Å². The van der Waals surface area contributed by atoms with Gasteiger partial charge in [0.2, 0.25) is 5.91 Å². The van der Waals surface area contributed by atoms with Crippen LogP contribution in [0.5, 0.6) is 0 Å². The van der Waals surface area contributed by atoms with Crippen molar-refractivity contribution in [3.05, 3.63) is 0 Å². The van der Waals surface area contributed by atoms with E-state index in [0.717, 1.165) is 25.7 Å². The highest BCUT2D eigenvalue weighted by Crippen LogP contribution is 2.35. The van der Waals surface area contributed by atoms with E-state index < -0.39 is 23.8 Å². The molecule has 0 aliphatic carbocycles. The second-order valence-electron chi connectivity index (χ2n) is 8.30. The van der Waals surface area contributed by atoms with Crippen molar-refractivity contribution in [3.8, 4) is 0 Å². The molecule has 0 bridgehead atoms. The summed E-state index contributed by atoms with van der Waals surface area (Å²) in [5.74, 6) is -0.122. The minimum absolute atomic E-state index is 0.0276. The van der Waals surface area contributed by atoms with Crippen LogP contribution in [0.3, 0.4) is 0 Å². The Morgan fingerprint density at radius 1 is 1.19 bits per heavy atom. The molecule has 0 saturated carbocycles. The Bertz CT molecular complexity index is 543. The van der Waals surface area contributed by atoms with Crippen molar-refractivity contribution in [1.29, 1.82) is 0 Å². The van der Waals surface area contributed by atoms with Crippen LogP contribution in [0, 0.1) is 5.92 Å². The lowest BCUT2D eigenvalue weighted by Crippen LogP contribution is -2.56. The van der Waals surface area contributed by atoms with Crippen molar-refractivity contribution < 1.29 is 23.9 Å². The smallest absolute Gasteiger partial charge is 0.408 e. The van der Waals surface area contributed by atoms with Crippen molar-refractivity contribution in [2.45, 2.75) is 89.9 Å². The second-order valence-corrected chi connectivity index (χ2v) is 8.30. The molecule has 0 unspecified atom stereocenters. The Kier molecular flexibility index (Phi) is 6.53. The molecule has 0 radical (unpaired) electrons. The predicted octanol–water partition coefficient (Wildman–Crippen LogP) is 2.62. The van der Waals surface area contributed by atoms with Crippen molar-refractivity contribution in [1.82, 2.24) is 10.2 Å². The summed E-state index contributed by atoms with van der Waals surface area (Å²) in [7, 11) is 1.34. The Morgan fingerprint density at radius 3 is 2.46 bits per heavy atom. The SMILES string of the molecule is CC[C@@H]1CC[C@H](NC(=O)OC(C)(C)C)C(=O)N2[C@H](CC[C@H]2C(=O)OC)C1. The van der Waals surface area contributed by atoms with E-state index in [1.54, 1.807) is 25.7 Å². The van der Waals surface area contributed by atoms with Gasteiger partial charge in [-0.2, -0.15) is 0 Å². The third kappa shape index (κ3) is 4.89. The first kappa shape index (κ1) is 20.5. The maximum absolute atomic E-state index is 13.2. The fourth-order valence-corrected chi connectivity index (χ4v) is 3.98. The second kappa shape index (κ2) is 8.27. The zero-order valence-corrected chi connectivity index (χ0v) is 16.5. The highest BCUT2D eigenvalue weighted by atomic mass is 16.6. The molecular weight excluding hydrogens is 336 g/mol. The minimum Gasteiger partial charge on any atom is -0.467 e. The van der Waals surface area contributed by atoms with Crippen LogP contribution in [-0.4, -0.2) is 53.7 Å². The van der Waals surface area contributed by atoms with E-state index in [1.807, 2.05) is 0 Å². The molecule has 0 aromatic heterocycles. The maximum atomic E-state index is 13.2. The number of carbonyl (C=O) groups is 3. The number of hydrogen-bond donors (Lipinski definition) is 1. The average Bonchev–Trinajstić information content (AvgIpc) is 2.96. The molecule has 2 rings (SSSR count). The van der Waals surface area contributed by atoms with Crippen LogP contribution in [-0.2, 0) is 19.1 Å². The van der Waals surface area contributed by atoms with Gasteiger partial charge in [-0.15, -0.1) is 0 Å². The number of amides is 2. The number of rotatable bonds is 3. The summed E-state index contributed by atoms with van der Waals surface area (Å²) >= 11 is 0. The van der Waals surface area contributed by atoms with Crippen LogP contribution in [0.4, 0.5) is 4.79 Å². The molecule has 2 aliphatic rings. The molecular formula is C19H32N2O5. The van der Waals surface area contributed by atoms with Gasteiger partial charge in [-0.1, -0.05) is 13.3 Å². The third-order valence-corrected chi connectivity index (χ3v) is 5.27. The van der Waals surface area contributed by atoms with Crippen molar-refractivity contribution >= 4 is 18.0 Å². The lowest BCUT2D eigenvalue weighted by atomic mass is 9.88. The van der Waals surface area contributed by atoms with Crippen molar-refractivity contribution in [3.63, 3.8) is 0 Å². The van der Waals surface area contributed by atoms with Gasteiger partial charge in [0.1, 0.15) is 17.7 Å². The van der Waals surface area contributed by atoms with E-state index in [9.17, 15) is 14.4 Å². The Hall–Kier alpha value is -1.79. The average molecular weight is 368 g/mol. The molecule has 1 N–H and O–H groups in total. The first-order valence-electron chi connectivity index (χ1n) is 9.55. The van der Waals surface area contributed by atoms with Gasteiger partial charge in [-0.25, -0.2) is 9.59 Å². The molecule has 4 atom stereocenters. The van der Waals surface area contributed by atoms with Gasteiger partial charge in [-0.05, 0) is 58.8 Å². The summed E-state index contributed by atoms with van der Waals surface area (Å²) in [4.78, 5) is 39.2. The monoisotopic (exact) mass is 368 g/mol. The summed E-state index contributed by atoms with van der Waals surface area (Å²) in [5.41, 5.74) is -0.633. The number of alkyl carbamates (subject to hydrolysis) is 1. The Labute approximate surface area is 155 Å². The number of hydrogen-bond acceptors (Lipinski definition) is 5. The quantitative estimate of drug-likeness (QED) is 0.774. The van der Waals surface area contributed by atoms with Crippen molar-refractivity contribution in [2.75, 3.05) is 7.11 Å². The first-order chi connectivity index (χ1) is 12.2. The highest BCUT2D eigenvalue weighted by molar-refractivity contribution is 5.90. The molecule has 7 heteroatoms. The molecule has 2 heterocycles. The number of methoxy groups -OCH3 is 1. The van der Waals surface area contributed by atoms with E-state index >= 15 is 0 Å². The maximum Gasteiger partial charge on any atom is 0.408 e. The number of esters is 1. The van der Waals surface area contributed by atoms with Gasteiger partial charge >= 0.3 is 12.1 Å². The highest BCUT2D eigenvalue weighted by Gasteiger charge is 2.45. The van der Waals surface area contributed by atoms with Gasteiger partial charge in [0.05, 0.1) is 7.11 Å². The van der Waals surface area contributed by atoms with Gasteiger partial charge in [-0.3, -0.25) is 4.79 Å². The Balaban J connectivity index is 2.20. The predicted molar refractivity (Wildman–Crippen MR) is 96.5 cm³/mol. The molecule has 0 aromatic rings. The van der Waals surface area contributed by atoms with E-state index in [0.29, 0.717) is 18.8 Å². The Morgan fingerprint density at radius 2 is 1.88 bits per heavy atom. The standard InChI is InChI=1S/C19H32N2O5/c1-6-12-7-9-14(20-18(24)26-19(2,3)4)16(22)21-13(11-12)8-10-15(21)17(23)25-5/h12-15H,6-11H2,1-5H3,(H,20,24)/t12-,13-,14+,15+/m1/s1. The molecule has 148 valence electrons. The summed E-state index contributed by atoms with van der Waals surface area (Å²) in [6.07, 6.45) is 4.13. The van der Waals surface area contributed by atoms with Gasteiger partial charge in [0.15, 0.2) is 0 Å². The summed E-state index contributed by atoms with van der Waals surface area (Å²) in [5, 5.41) is 2.72.